The molecule has 0 heterocycles. The number of aliphatic hydroxyl groups is 1. The van der Waals surface area contributed by atoms with E-state index in [0.717, 1.165) is 11.6 Å². The van der Waals surface area contributed by atoms with Gasteiger partial charge in [0.25, 0.3) is 11.6 Å². The first-order chi connectivity index (χ1) is 11.4. The lowest BCUT2D eigenvalue weighted by molar-refractivity contribution is -0.384. The van der Waals surface area contributed by atoms with Crippen LogP contribution in [0, 0.1) is 10.1 Å². The van der Waals surface area contributed by atoms with Gasteiger partial charge in [0.05, 0.1) is 21.6 Å². The number of aliphatic hydroxyl groups excluding tert-OH is 1. The molecule has 2 atom stereocenters. The molecule has 0 saturated heterocycles. The lowest BCUT2D eigenvalue weighted by Gasteiger charge is -2.18. The Balaban J connectivity index is 2.00. The molecule has 126 valence electrons. The van der Waals surface area contributed by atoms with Gasteiger partial charge in [-0.05, 0) is 25.0 Å². The SMILES string of the molecule is CC(CC(O)c1ccccc1)NC(=O)c1ccc([N+](=O)[O-])cc1Cl. The monoisotopic (exact) mass is 348 g/mol. The molecule has 2 aromatic rings. The van der Waals surface area contributed by atoms with Gasteiger partial charge < -0.3 is 10.4 Å². The van der Waals surface area contributed by atoms with Gasteiger partial charge in [0, 0.05) is 18.2 Å². The summed E-state index contributed by atoms with van der Waals surface area (Å²) in [4.78, 5) is 22.3. The minimum absolute atomic E-state index is 0.0116. The number of benzene rings is 2. The van der Waals surface area contributed by atoms with Gasteiger partial charge in [0.1, 0.15) is 0 Å². The number of carbonyl (C=O) groups is 1. The molecular weight excluding hydrogens is 332 g/mol. The molecule has 2 aromatic carbocycles. The third-order valence-electron chi connectivity index (χ3n) is 3.55. The average molecular weight is 349 g/mol. The fourth-order valence-corrected chi connectivity index (χ4v) is 2.57. The Morgan fingerprint density at radius 1 is 1.29 bits per heavy atom. The molecule has 2 N–H and O–H groups in total. The van der Waals surface area contributed by atoms with Gasteiger partial charge >= 0.3 is 0 Å². The smallest absolute Gasteiger partial charge is 0.270 e. The number of non-ortho nitro benzene ring substituents is 1. The van der Waals surface area contributed by atoms with Crippen molar-refractivity contribution in [1.29, 1.82) is 0 Å². The Bertz CT molecular complexity index is 737. The molecule has 0 bridgehead atoms. The fraction of sp³-hybridized carbons (Fsp3) is 0.235. The maximum atomic E-state index is 12.2. The molecule has 0 aliphatic heterocycles. The number of nitrogens with zero attached hydrogens (tertiary/aromatic N) is 1. The van der Waals surface area contributed by atoms with Crippen LogP contribution in [-0.4, -0.2) is 22.0 Å². The van der Waals surface area contributed by atoms with Crippen LogP contribution in [0.25, 0.3) is 0 Å². The number of carbonyl (C=O) groups excluding carboxylic acids is 1. The second-order valence-electron chi connectivity index (χ2n) is 5.46. The number of halogens is 1. The molecule has 0 aliphatic rings. The van der Waals surface area contributed by atoms with Crippen LogP contribution in [0.5, 0.6) is 0 Å². The average Bonchev–Trinajstić information content (AvgIpc) is 2.55. The minimum atomic E-state index is -0.700. The Kier molecular flexibility index (Phi) is 5.89. The second kappa shape index (κ2) is 7.90. The molecule has 0 aliphatic carbocycles. The Hall–Kier alpha value is -2.44. The van der Waals surface area contributed by atoms with Gasteiger partial charge in [-0.3, -0.25) is 14.9 Å². The van der Waals surface area contributed by atoms with Crippen LogP contribution >= 0.6 is 11.6 Å². The van der Waals surface area contributed by atoms with Crippen molar-refractivity contribution in [2.24, 2.45) is 0 Å². The highest BCUT2D eigenvalue weighted by Crippen LogP contribution is 2.23. The molecule has 2 unspecified atom stereocenters. The predicted molar refractivity (Wildman–Crippen MR) is 91.1 cm³/mol. The summed E-state index contributed by atoms with van der Waals surface area (Å²) < 4.78 is 0. The predicted octanol–water partition coefficient (Wildman–Crippen LogP) is 3.49. The summed E-state index contributed by atoms with van der Waals surface area (Å²) in [6.45, 7) is 1.77. The summed E-state index contributed by atoms with van der Waals surface area (Å²) in [5, 5.41) is 23.6. The molecule has 2 rings (SSSR count). The number of nitrogens with one attached hydrogen (secondary N) is 1. The molecule has 24 heavy (non-hydrogen) atoms. The molecule has 0 aromatic heterocycles. The lowest BCUT2D eigenvalue weighted by atomic mass is 10.0. The third-order valence-corrected chi connectivity index (χ3v) is 3.86. The van der Waals surface area contributed by atoms with Crippen LogP contribution in [0.4, 0.5) is 5.69 Å². The summed E-state index contributed by atoms with van der Waals surface area (Å²) in [5.41, 5.74) is 0.749. The number of nitro benzene ring substituents is 1. The molecule has 1 amide bonds. The van der Waals surface area contributed by atoms with Crippen molar-refractivity contribution in [1.82, 2.24) is 5.32 Å². The highest BCUT2D eigenvalue weighted by molar-refractivity contribution is 6.34. The fourth-order valence-electron chi connectivity index (χ4n) is 2.31. The van der Waals surface area contributed by atoms with Gasteiger partial charge in [-0.2, -0.15) is 0 Å². The van der Waals surface area contributed by atoms with Gasteiger partial charge in [-0.25, -0.2) is 0 Å². The maximum Gasteiger partial charge on any atom is 0.270 e. The number of rotatable bonds is 6. The molecule has 0 radical (unpaired) electrons. The summed E-state index contributed by atoms with van der Waals surface area (Å²) in [5.74, 6) is -0.442. The van der Waals surface area contributed by atoms with Gasteiger partial charge in [-0.1, -0.05) is 41.9 Å². The zero-order valence-corrected chi connectivity index (χ0v) is 13.7. The summed E-state index contributed by atoms with van der Waals surface area (Å²) in [6, 6.07) is 12.5. The third kappa shape index (κ3) is 4.53. The molecular formula is C17H17ClN2O4. The van der Waals surface area contributed by atoms with Crippen LogP contribution < -0.4 is 5.32 Å². The molecule has 7 heteroatoms. The van der Waals surface area contributed by atoms with Crippen LogP contribution in [0.1, 0.15) is 35.4 Å². The van der Waals surface area contributed by atoms with Crippen LogP contribution in [0.3, 0.4) is 0 Å². The van der Waals surface area contributed by atoms with E-state index in [1.165, 1.54) is 12.1 Å². The van der Waals surface area contributed by atoms with Crippen molar-refractivity contribution >= 4 is 23.2 Å². The molecule has 0 fully saturated rings. The standard InChI is InChI=1S/C17H17ClN2O4/c1-11(9-16(21)12-5-3-2-4-6-12)19-17(22)14-8-7-13(20(23)24)10-15(14)18/h2-8,10-11,16,21H,9H2,1H3,(H,19,22). The molecule has 0 spiro atoms. The highest BCUT2D eigenvalue weighted by Gasteiger charge is 2.18. The molecule has 6 nitrogen and oxygen atoms in total. The van der Waals surface area contributed by atoms with E-state index in [9.17, 15) is 20.0 Å². The van der Waals surface area contributed by atoms with E-state index >= 15 is 0 Å². The van der Waals surface area contributed by atoms with E-state index in [1.807, 2.05) is 30.3 Å². The van der Waals surface area contributed by atoms with E-state index in [1.54, 1.807) is 6.92 Å². The van der Waals surface area contributed by atoms with Crippen molar-refractivity contribution in [2.75, 3.05) is 0 Å². The van der Waals surface area contributed by atoms with Gasteiger partial charge in [0.15, 0.2) is 0 Å². The minimum Gasteiger partial charge on any atom is -0.388 e. The van der Waals surface area contributed by atoms with E-state index < -0.39 is 16.9 Å². The number of hydrogen-bond acceptors (Lipinski definition) is 4. The summed E-state index contributed by atoms with van der Waals surface area (Å²) in [7, 11) is 0. The second-order valence-corrected chi connectivity index (χ2v) is 5.87. The largest absolute Gasteiger partial charge is 0.388 e. The molecule has 0 saturated carbocycles. The number of nitro groups is 1. The topological polar surface area (TPSA) is 92.5 Å². The Morgan fingerprint density at radius 3 is 2.54 bits per heavy atom. The zero-order valence-electron chi connectivity index (χ0n) is 13.0. The number of hydrogen-bond donors (Lipinski definition) is 2. The first kappa shape index (κ1) is 17.9. The van der Waals surface area contributed by atoms with Crippen molar-refractivity contribution in [3.8, 4) is 0 Å². The van der Waals surface area contributed by atoms with Crippen molar-refractivity contribution < 1.29 is 14.8 Å². The van der Waals surface area contributed by atoms with Crippen LogP contribution in [0.15, 0.2) is 48.5 Å². The number of amides is 1. The van der Waals surface area contributed by atoms with E-state index in [0.29, 0.717) is 6.42 Å². The van der Waals surface area contributed by atoms with Crippen LogP contribution in [-0.2, 0) is 0 Å². The highest BCUT2D eigenvalue weighted by atomic mass is 35.5. The Morgan fingerprint density at radius 2 is 1.96 bits per heavy atom. The van der Waals surface area contributed by atoms with E-state index in [-0.39, 0.29) is 22.3 Å². The maximum absolute atomic E-state index is 12.2. The van der Waals surface area contributed by atoms with E-state index in [2.05, 4.69) is 5.32 Å². The van der Waals surface area contributed by atoms with E-state index in [4.69, 9.17) is 11.6 Å². The lowest BCUT2D eigenvalue weighted by Crippen LogP contribution is -2.33. The van der Waals surface area contributed by atoms with Crippen molar-refractivity contribution in [2.45, 2.75) is 25.5 Å². The Labute approximate surface area is 144 Å². The van der Waals surface area contributed by atoms with Gasteiger partial charge in [-0.15, -0.1) is 0 Å². The van der Waals surface area contributed by atoms with Crippen molar-refractivity contribution in [3.05, 3.63) is 74.8 Å². The normalized spacial score (nSPS) is 13.1. The van der Waals surface area contributed by atoms with Crippen molar-refractivity contribution in [3.63, 3.8) is 0 Å². The van der Waals surface area contributed by atoms with Gasteiger partial charge in [0.2, 0.25) is 0 Å². The zero-order chi connectivity index (χ0) is 17.7. The van der Waals surface area contributed by atoms with Crippen LogP contribution in [0.2, 0.25) is 5.02 Å². The quantitative estimate of drug-likeness (QED) is 0.617. The first-order valence-electron chi connectivity index (χ1n) is 7.36. The first-order valence-corrected chi connectivity index (χ1v) is 7.74. The summed E-state index contributed by atoms with van der Waals surface area (Å²) in [6.07, 6.45) is -0.366. The summed E-state index contributed by atoms with van der Waals surface area (Å²) >= 11 is 5.94.